The minimum absolute atomic E-state index is 0.0700. The maximum absolute atomic E-state index is 12.6. The molecule has 1 aliphatic heterocycles. The zero-order chi connectivity index (χ0) is 18.4. The van der Waals surface area contributed by atoms with Gasteiger partial charge < -0.3 is 11.1 Å². The Balaban J connectivity index is 1.66. The van der Waals surface area contributed by atoms with Gasteiger partial charge in [-0.1, -0.05) is 43.2 Å². The first-order valence-electron chi connectivity index (χ1n) is 9.57. The first-order valence-corrected chi connectivity index (χ1v) is 9.57. The largest absolute Gasteiger partial charge is 0.399 e. The van der Waals surface area contributed by atoms with Crippen LogP contribution in [-0.4, -0.2) is 23.9 Å². The molecule has 0 aliphatic carbocycles. The highest BCUT2D eigenvalue weighted by Crippen LogP contribution is 2.17. The smallest absolute Gasteiger partial charge is 0.251 e. The van der Waals surface area contributed by atoms with E-state index in [2.05, 4.69) is 28.4 Å². The topological polar surface area (TPSA) is 58.4 Å². The molecule has 3 N–H and O–H groups in total. The third-order valence-electron chi connectivity index (χ3n) is 5.16. The van der Waals surface area contributed by atoms with Crippen molar-refractivity contribution >= 4 is 11.6 Å². The molecule has 4 nitrogen and oxygen atoms in total. The third-order valence-corrected chi connectivity index (χ3v) is 5.16. The van der Waals surface area contributed by atoms with Gasteiger partial charge in [0.2, 0.25) is 0 Å². The lowest BCUT2D eigenvalue weighted by molar-refractivity contribution is 0.0950. The molecule has 2 aromatic carbocycles. The lowest BCUT2D eigenvalue weighted by Crippen LogP contribution is -2.27. The zero-order valence-corrected chi connectivity index (χ0v) is 15.6. The summed E-state index contributed by atoms with van der Waals surface area (Å²) in [5.41, 5.74) is 10.5. The van der Waals surface area contributed by atoms with Gasteiger partial charge in [-0.15, -0.1) is 0 Å². The van der Waals surface area contributed by atoms with Gasteiger partial charge in [0.25, 0.3) is 5.91 Å². The number of carbonyl (C=O) groups excluding carboxylic acids is 1. The van der Waals surface area contributed by atoms with Gasteiger partial charge in [0.15, 0.2) is 0 Å². The number of benzene rings is 2. The molecular weight excluding hydrogens is 322 g/mol. The summed E-state index contributed by atoms with van der Waals surface area (Å²) in [7, 11) is 0. The van der Waals surface area contributed by atoms with Crippen LogP contribution in [0.15, 0.2) is 42.5 Å². The van der Waals surface area contributed by atoms with Gasteiger partial charge in [-0.05, 0) is 61.7 Å². The predicted octanol–water partition coefficient (Wildman–Crippen LogP) is 3.88. The van der Waals surface area contributed by atoms with Gasteiger partial charge >= 0.3 is 0 Å². The summed E-state index contributed by atoms with van der Waals surface area (Å²) in [6.45, 7) is 5.77. The molecule has 4 heteroatoms. The van der Waals surface area contributed by atoms with Crippen LogP contribution < -0.4 is 11.1 Å². The number of carbonyl (C=O) groups is 1. The molecular formula is C22H29N3O. The number of hydrogen-bond acceptors (Lipinski definition) is 3. The van der Waals surface area contributed by atoms with Crippen LogP contribution in [0, 0.1) is 6.92 Å². The number of nitrogens with zero attached hydrogens (tertiary/aromatic N) is 1. The van der Waals surface area contributed by atoms with Gasteiger partial charge in [-0.3, -0.25) is 9.69 Å². The lowest BCUT2D eigenvalue weighted by Gasteiger charge is -2.21. The molecule has 0 bridgehead atoms. The highest BCUT2D eigenvalue weighted by Gasteiger charge is 2.13. The van der Waals surface area contributed by atoms with Crippen molar-refractivity contribution in [1.82, 2.24) is 10.2 Å². The fourth-order valence-corrected chi connectivity index (χ4v) is 3.57. The molecule has 1 saturated heterocycles. The van der Waals surface area contributed by atoms with E-state index in [-0.39, 0.29) is 5.91 Å². The molecule has 2 aromatic rings. The predicted molar refractivity (Wildman–Crippen MR) is 107 cm³/mol. The molecule has 26 heavy (non-hydrogen) atoms. The Labute approximate surface area is 156 Å². The Hall–Kier alpha value is -2.33. The number of anilines is 1. The molecule has 1 amide bonds. The number of nitrogens with two attached hydrogens (primary N) is 1. The van der Waals surface area contributed by atoms with E-state index in [9.17, 15) is 4.79 Å². The van der Waals surface area contributed by atoms with Crippen LogP contribution >= 0.6 is 0 Å². The Kier molecular flexibility index (Phi) is 6.29. The summed E-state index contributed by atoms with van der Waals surface area (Å²) in [6, 6.07) is 13.9. The molecule has 138 valence electrons. The normalized spacial score (nSPS) is 15.4. The van der Waals surface area contributed by atoms with Crippen molar-refractivity contribution in [2.75, 3.05) is 18.8 Å². The quantitative estimate of drug-likeness (QED) is 0.804. The molecule has 0 aromatic heterocycles. The summed E-state index contributed by atoms with van der Waals surface area (Å²) in [5, 5.41) is 3.06. The van der Waals surface area contributed by atoms with Crippen molar-refractivity contribution in [1.29, 1.82) is 0 Å². The number of likely N-dealkylation sites (tertiary alicyclic amines) is 1. The second kappa shape index (κ2) is 8.86. The fraction of sp³-hybridized carbons (Fsp3) is 0.409. The minimum Gasteiger partial charge on any atom is -0.399 e. The fourth-order valence-electron chi connectivity index (χ4n) is 3.57. The Morgan fingerprint density at radius 2 is 1.73 bits per heavy atom. The van der Waals surface area contributed by atoms with Crippen LogP contribution in [0.25, 0.3) is 0 Å². The van der Waals surface area contributed by atoms with Crippen molar-refractivity contribution in [3.05, 3.63) is 64.7 Å². The standard InChI is InChI=1S/C22H29N3O/c1-17-10-11-20(23)14-21(17)22(26)24-15-18-8-4-5-9-19(18)16-25-12-6-2-3-7-13-25/h4-5,8-11,14H,2-3,6-7,12-13,15-16,23H2,1H3,(H,24,26). The highest BCUT2D eigenvalue weighted by atomic mass is 16.1. The van der Waals surface area contributed by atoms with E-state index in [1.54, 1.807) is 6.07 Å². The van der Waals surface area contributed by atoms with Gasteiger partial charge in [0.05, 0.1) is 0 Å². The third kappa shape index (κ3) is 4.85. The number of nitrogens with one attached hydrogen (secondary N) is 1. The zero-order valence-electron chi connectivity index (χ0n) is 15.6. The Morgan fingerprint density at radius 1 is 1.04 bits per heavy atom. The molecule has 0 atom stereocenters. The Morgan fingerprint density at radius 3 is 2.46 bits per heavy atom. The van der Waals surface area contributed by atoms with Gasteiger partial charge in [-0.25, -0.2) is 0 Å². The summed E-state index contributed by atoms with van der Waals surface area (Å²) in [5.74, 6) is -0.0700. The van der Waals surface area contributed by atoms with E-state index in [1.165, 1.54) is 49.9 Å². The van der Waals surface area contributed by atoms with E-state index < -0.39 is 0 Å². The first-order chi connectivity index (χ1) is 12.6. The van der Waals surface area contributed by atoms with Crippen LogP contribution in [0.3, 0.4) is 0 Å². The van der Waals surface area contributed by atoms with Gasteiger partial charge in [0.1, 0.15) is 0 Å². The molecule has 0 radical (unpaired) electrons. The maximum atomic E-state index is 12.6. The van der Waals surface area contributed by atoms with Crippen molar-refractivity contribution in [3.63, 3.8) is 0 Å². The molecule has 0 spiro atoms. The van der Waals surface area contributed by atoms with Crippen LogP contribution in [0.1, 0.15) is 52.7 Å². The van der Waals surface area contributed by atoms with E-state index >= 15 is 0 Å². The average molecular weight is 351 g/mol. The summed E-state index contributed by atoms with van der Waals surface area (Å²) < 4.78 is 0. The number of nitrogen functional groups attached to an aromatic ring is 1. The monoisotopic (exact) mass is 351 g/mol. The van der Waals surface area contributed by atoms with Crippen LogP contribution in [0.5, 0.6) is 0 Å². The van der Waals surface area contributed by atoms with E-state index in [1.807, 2.05) is 25.1 Å². The van der Waals surface area contributed by atoms with Crippen molar-refractivity contribution in [2.45, 2.75) is 45.7 Å². The van der Waals surface area contributed by atoms with Gasteiger partial charge in [-0.2, -0.15) is 0 Å². The van der Waals surface area contributed by atoms with Crippen LogP contribution in [0.2, 0.25) is 0 Å². The Bertz CT molecular complexity index is 749. The highest BCUT2D eigenvalue weighted by molar-refractivity contribution is 5.96. The summed E-state index contributed by atoms with van der Waals surface area (Å²) >= 11 is 0. The number of amides is 1. The van der Waals surface area contributed by atoms with E-state index in [4.69, 9.17) is 5.73 Å². The molecule has 1 heterocycles. The average Bonchev–Trinajstić information content (AvgIpc) is 2.91. The molecule has 3 rings (SSSR count). The summed E-state index contributed by atoms with van der Waals surface area (Å²) in [4.78, 5) is 15.1. The first kappa shape index (κ1) is 18.5. The SMILES string of the molecule is Cc1ccc(N)cc1C(=O)NCc1ccccc1CN1CCCCCC1. The van der Waals surface area contributed by atoms with E-state index in [0.29, 0.717) is 17.8 Å². The summed E-state index contributed by atoms with van der Waals surface area (Å²) in [6.07, 6.45) is 5.25. The molecule has 0 saturated carbocycles. The van der Waals surface area contributed by atoms with Gasteiger partial charge in [0, 0.05) is 24.3 Å². The van der Waals surface area contributed by atoms with Crippen LogP contribution in [-0.2, 0) is 13.1 Å². The van der Waals surface area contributed by atoms with Crippen molar-refractivity contribution in [3.8, 4) is 0 Å². The molecule has 1 aliphatic rings. The number of rotatable bonds is 5. The van der Waals surface area contributed by atoms with Crippen molar-refractivity contribution < 1.29 is 4.79 Å². The van der Waals surface area contributed by atoms with Crippen LogP contribution in [0.4, 0.5) is 5.69 Å². The lowest BCUT2D eigenvalue weighted by atomic mass is 10.1. The number of aryl methyl sites for hydroxylation is 1. The molecule has 0 unspecified atom stereocenters. The van der Waals surface area contributed by atoms with Crippen molar-refractivity contribution in [2.24, 2.45) is 0 Å². The molecule has 1 fully saturated rings. The second-order valence-electron chi connectivity index (χ2n) is 7.22. The maximum Gasteiger partial charge on any atom is 0.251 e. The second-order valence-corrected chi connectivity index (χ2v) is 7.22. The number of hydrogen-bond donors (Lipinski definition) is 2. The minimum atomic E-state index is -0.0700. The van der Waals surface area contributed by atoms with E-state index in [0.717, 1.165) is 12.1 Å².